The Labute approximate surface area is 220 Å². The van der Waals surface area contributed by atoms with Crippen LogP contribution in [0.2, 0.25) is 0 Å². The molecule has 2 aromatic carbocycles. The van der Waals surface area contributed by atoms with Gasteiger partial charge >= 0.3 is 0 Å². The van der Waals surface area contributed by atoms with Gasteiger partial charge in [-0.15, -0.1) is 5.11 Å². The number of hydrogen-bond donors (Lipinski definition) is 3. The summed E-state index contributed by atoms with van der Waals surface area (Å²) in [5.41, 5.74) is 7.07. The first kappa shape index (κ1) is 28.5. The van der Waals surface area contributed by atoms with E-state index >= 15 is 0 Å². The predicted molar refractivity (Wildman–Crippen MR) is 148 cm³/mol. The Morgan fingerprint density at radius 3 is 2.35 bits per heavy atom. The lowest BCUT2D eigenvalue weighted by Crippen LogP contribution is -2.38. The first-order valence-electron chi connectivity index (χ1n) is 13.0. The first-order chi connectivity index (χ1) is 17.5. The molecule has 0 spiro atoms. The van der Waals surface area contributed by atoms with Crippen molar-refractivity contribution in [2.24, 2.45) is 15.4 Å². The Kier molecular flexibility index (Phi) is 9.59. The number of imidazole rings is 1. The molecular weight excluding hydrogens is 464 g/mol. The van der Waals surface area contributed by atoms with Crippen LogP contribution in [0.1, 0.15) is 74.5 Å². The highest BCUT2D eigenvalue weighted by Gasteiger charge is 2.15. The largest absolute Gasteiger partial charge is 0.392 e. The highest BCUT2D eigenvalue weighted by molar-refractivity contribution is 5.49. The summed E-state index contributed by atoms with van der Waals surface area (Å²) in [5.74, 6) is 0. The van der Waals surface area contributed by atoms with Gasteiger partial charge in [0, 0.05) is 36.6 Å². The minimum atomic E-state index is -0.693. The molecule has 1 aromatic heterocycles. The number of aryl methyl sites for hydroxylation is 4. The van der Waals surface area contributed by atoms with Crippen LogP contribution in [0, 0.1) is 20.8 Å². The topological polar surface area (TPSA) is 99.4 Å². The molecule has 0 saturated carbocycles. The van der Waals surface area contributed by atoms with Crippen LogP contribution < -0.4 is 10.9 Å². The van der Waals surface area contributed by atoms with Crippen LogP contribution in [-0.4, -0.2) is 31.4 Å². The lowest BCUT2D eigenvalue weighted by molar-refractivity contribution is 0.163. The van der Waals surface area contributed by atoms with Crippen LogP contribution in [0.15, 0.2) is 58.2 Å². The third kappa shape index (κ3) is 7.47. The maximum Gasteiger partial charge on any atom is 0.236 e. The molecule has 1 atom stereocenters. The number of aliphatic hydroxyl groups is 2. The second-order valence-corrected chi connectivity index (χ2v) is 10.7. The Bertz CT molecular complexity index is 1270. The SMILES string of the molecule is CCCCn1ccn(-c2c(C)cc(C)cc2C)/c1=N\N=Nc1ccc(C(O)CNC(C)(C)C)cc1CO. The number of β-amino-alcohol motifs (C(OH)–C–C–N with tert-alkyl or cyclic N) is 1. The molecule has 37 heavy (non-hydrogen) atoms. The van der Waals surface area contributed by atoms with Crippen molar-refractivity contribution >= 4 is 5.69 Å². The molecule has 0 aliphatic rings. The molecule has 3 aromatic rings. The molecule has 8 heteroatoms. The highest BCUT2D eigenvalue weighted by atomic mass is 16.3. The average molecular weight is 507 g/mol. The van der Waals surface area contributed by atoms with Crippen LogP contribution >= 0.6 is 0 Å². The maximum absolute atomic E-state index is 10.6. The molecule has 1 heterocycles. The number of aliphatic hydroxyl groups excluding tert-OH is 2. The fourth-order valence-corrected chi connectivity index (χ4v) is 4.42. The summed E-state index contributed by atoms with van der Waals surface area (Å²) in [4.78, 5) is 0. The number of nitrogens with one attached hydrogen (secondary N) is 1. The smallest absolute Gasteiger partial charge is 0.236 e. The van der Waals surface area contributed by atoms with Gasteiger partial charge in [-0.05, 0) is 82.0 Å². The zero-order chi connectivity index (χ0) is 27.2. The molecule has 0 amide bonds. The third-order valence-electron chi connectivity index (χ3n) is 6.27. The fraction of sp³-hybridized carbons (Fsp3) is 0.483. The van der Waals surface area contributed by atoms with Crippen LogP contribution in [0.25, 0.3) is 5.69 Å². The fourth-order valence-electron chi connectivity index (χ4n) is 4.42. The van der Waals surface area contributed by atoms with Gasteiger partial charge in [-0.2, -0.15) is 0 Å². The molecule has 0 bridgehead atoms. The lowest BCUT2D eigenvalue weighted by Gasteiger charge is -2.23. The van der Waals surface area contributed by atoms with Crippen molar-refractivity contribution < 1.29 is 10.2 Å². The quantitative estimate of drug-likeness (QED) is 0.249. The molecule has 0 aliphatic carbocycles. The zero-order valence-corrected chi connectivity index (χ0v) is 23.3. The summed E-state index contributed by atoms with van der Waals surface area (Å²) in [6.07, 6.45) is 5.47. The molecule has 3 N–H and O–H groups in total. The standard InChI is InChI=1S/C29H42N6O2/c1-8-9-12-34-13-14-35(27-21(3)15-20(2)16-22(27)4)28(34)32-33-31-25-11-10-23(17-24(25)19-36)26(37)18-30-29(5,6)7/h10-11,13-17,26,30,36-37H,8-9,12,18-19H2,1-7H3/b32-28-,33-31?. The summed E-state index contributed by atoms with van der Waals surface area (Å²) in [6.45, 7) is 15.7. The number of rotatable bonds is 10. The van der Waals surface area contributed by atoms with E-state index in [-0.39, 0.29) is 12.1 Å². The van der Waals surface area contributed by atoms with Gasteiger partial charge in [0.25, 0.3) is 0 Å². The number of benzene rings is 2. The monoisotopic (exact) mass is 506 g/mol. The normalized spacial score (nSPS) is 13.6. The summed E-state index contributed by atoms with van der Waals surface area (Å²) < 4.78 is 4.16. The van der Waals surface area contributed by atoms with Gasteiger partial charge in [-0.3, -0.25) is 4.57 Å². The molecular formula is C29H42N6O2. The average Bonchev–Trinajstić information content (AvgIpc) is 3.22. The van der Waals surface area contributed by atoms with Crippen molar-refractivity contribution in [1.29, 1.82) is 0 Å². The van der Waals surface area contributed by atoms with Crippen LogP contribution in [0.3, 0.4) is 0 Å². The van der Waals surface area contributed by atoms with Crippen molar-refractivity contribution in [3.63, 3.8) is 0 Å². The van der Waals surface area contributed by atoms with Gasteiger partial charge in [0.15, 0.2) is 0 Å². The van der Waals surface area contributed by atoms with Crippen LogP contribution in [-0.2, 0) is 13.2 Å². The Balaban J connectivity index is 1.96. The number of hydrogen-bond acceptors (Lipinski definition) is 5. The maximum atomic E-state index is 10.6. The van der Waals surface area contributed by atoms with E-state index in [9.17, 15) is 10.2 Å². The Morgan fingerprint density at radius 2 is 1.73 bits per heavy atom. The van der Waals surface area contributed by atoms with Crippen molar-refractivity contribution in [3.05, 3.63) is 76.2 Å². The summed E-state index contributed by atoms with van der Waals surface area (Å²) >= 11 is 0. The molecule has 200 valence electrons. The number of nitrogens with zero attached hydrogens (tertiary/aromatic N) is 5. The van der Waals surface area contributed by atoms with Gasteiger partial charge < -0.3 is 20.1 Å². The van der Waals surface area contributed by atoms with E-state index in [1.807, 2.05) is 18.5 Å². The molecule has 0 radical (unpaired) electrons. The van der Waals surface area contributed by atoms with E-state index < -0.39 is 6.10 Å². The predicted octanol–water partition coefficient (Wildman–Crippen LogP) is 5.52. The minimum absolute atomic E-state index is 0.0994. The highest BCUT2D eigenvalue weighted by Crippen LogP contribution is 2.25. The molecule has 3 rings (SSSR count). The summed E-state index contributed by atoms with van der Waals surface area (Å²) in [5, 5.41) is 36.9. The van der Waals surface area contributed by atoms with Crippen molar-refractivity contribution in [2.75, 3.05) is 6.54 Å². The van der Waals surface area contributed by atoms with Gasteiger partial charge in [-0.25, -0.2) is 0 Å². The van der Waals surface area contributed by atoms with Gasteiger partial charge in [-0.1, -0.05) is 42.2 Å². The van der Waals surface area contributed by atoms with Crippen LogP contribution in [0.5, 0.6) is 0 Å². The molecule has 0 aliphatic heterocycles. The van der Waals surface area contributed by atoms with E-state index in [2.05, 4.69) is 90.5 Å². The minimum Gasteiger partial charge on any atom is -0.392 e. The van der Waals surface area contributed by atoms with E-state index in [1.165, 1.54) is 16.7 Å². The van der Waals surface area contributed by atoms with Gasteiger partial charge in [0.1, 0.15) is 0 Å². The van der Waals surface area contributed by atoms with Gasteiger partial charge in [0.05, 0.1) is 24.1 Å². The Morgan fingerprint density at radius 1 is 1.03 bits per heavy atom. The second-order valence-electron chi connectivity index (χ2n) is 10.7. The van der Waals surface area contributed by atoms with Gasteiger partial charge in [0.2, 0.25) is 5.62 Å². The molecule has 0 saturated heterocycles. The molecule has 0 fully saturated rings. The lowest BCUT2D eigenvalue weighted by atomic mass is 10.0. The summed E-state index contributed by atoms with van der Waals surface area (Å²) in [6, 6.07) is 9.69. The van der Waals surface area contributed by atoms with Crippen molar-refractivity contribution in [1.82, 2.24) is 14.5 Å². The molecule has 1 unspecified atom stereocenters. The third-order valence-corrected chi connectivity index (χ3v) is 6.27. The second kappa shape index (κ2) is 12.4. The number of aromatic nitrogens is 2. The van der Waals surface area contributed by atoms with E-state index in [1.54, 1.807) is 12.1 Å². The van der Waals surface area contributed by atoms with Crippen molar-refractivity contribution in [3.8, 4) is 5.69 Å². The van der Waals surface area contributed by atoms with E-state index in [4.69, 9.17) is 0 Å². The van der Waals surface area contributed by atoms with E-state index in [0.717, 1.165) is 25.1 Å². The zero-order valence-electron chi connectivity index (χ0n) is 23.3. The van der Waals surface area contributed by atoms with Crippen LogP contribution in [0.4, 0.5) is 5.69 Å². The first-order valence-corrected chi connectivity index (χ1v) is 13.0. The Hall–Kier alpha value is -3.07. The van der Waals surface area contributed by atoms with E-state index in [0.29, 0.717) is 29.0 Å². The summed E-state index contributed by atoms with van der Waals surface area (Å²) in [7, 11) is 0. The molecule has 8 nitrogen and oxygen atoms in total. The number of unbranched alkanes of at least 4 members (excludes halogenated alkanes) is 1. The van der Waals surface area contributed by atoms with Crippen molar-refractivity contribution in [2.45, 2.75) is 86.1 Å².